The van der Waals surface area contributed by atoms with Gasteiger partial charge >= 0.3 is 5.97 Å². The van der Waals surface area contributed by atoms with Crippen LogP contribution in [0.15, 0.2) is 36.5 Å². The van der Waals surface area contributed by atoms with Crippen LogP contribution < -0.4 is 4.90 Å². The molecule has 0 aliphatic rings. The summed E-state index contributed by atoms with van der Waals surface area (Å²) in [6.45, 7) is 0.669. The number of aromatic nitrogens is 1. The Bertz CT molecular complexity index is 640. The molecule has 0 spiro atoms. The van der Waals surface area contributed by atoms with Gasteiger partial charge in [-0.05, 0) is 30.3 Å². The number of rotatable bonds is 5. The number of aliphatic carboxylic acids is 1. The fourth-order valence-electron chi connectivity index (χ4n) is 1.76. The standard InChI is InChI=1S/C14H13ClN2O2S/c1-17(9-11-5-6-12(15)20-11)14-10(3-2-8-16-14)4-7-13(18)19/h2-8H,9H2,1H3,(H,18,19)/b7-4+. The summed E-state index contributed by atoms with van der Waals surface area (Å²) < 4.78 is 0.750. The summed E-state index contributed by atoms with van der Waals surface area (Å²) in [6, 6.07) is 7.44. The van der Waals surface area contributed by atoms with Crippen LogP contribution in [0.4, 0.5) is 5.82 Å². The van der Waals surface area contributed by atoms with Crippen molar-refractivity contribution in [1.82, 2.24) is 4.98 Å². The number of carboxylic acids is 1. The maximum atomic E-state index is 10.6. The summed E-state index contributed by atoms with van der Waals surface area (Å²) in [5.74, 6) is -0.248. The van der Waals surface area contributed by atoms with Crippen molar-refractivity contribution in [2.75, 3.05) is 11.9 Å². The monoisotopic (exact) mass is 308 g/mol. The Morgan fingerprint density at radius 1 is 1.50 bits per heavy atom. The van der Waals surface area contributed by atoms with Crippen LogP contribution in [0, 0.1) is 0 Å². The molecule has 104 valence electrons. The van der Waals surface area contributed by atoms with E-state index >= 15 is 0 Å². The van der Waals surface area contributed by atoms with E-state index in [0.717, 1.165) is 26.7 Å². The van der Waals surface area contributed by atoms with E-state index in [1.807, 2.05) is 30.1 Å². The lowest BCUT2D eigenvalue weighted by Crippen LogP contribution is -2.18. The molecule has 4 nitrogen and oxygen atoms in total. The fourth-order valence-corrected chi connectivity index (χ4v) is 2.91. The van der Waals surface area contributed by atoms with Gasteiger partial charge in [0.05, 0.1) is 10.9 Å². The van der Waals surface area contributed by atoms with Gasteiger partial charge < -0.3 is 10.0 Å². The van der Waals surface area contributed by atoms with E-state index in [9.17, 15) is 4.79 Å². The predicted octanol–water partition coefficient (Wildman–Crippen LogP) is 3.53. The Morgan fingerprint density at radius 3 is 2.95 bits per heavy atom. The van der Waals surface area contributed by atoms with Gasteiger partial charge in [-0.3, -0.25) is 0 Å². The van der Waals surface area contributed by atoms with Gasteiger partial charge in [-0.1, -0.05) is 11.6 Å². The number of carbonyl (C=O) groups is 1. The quantitative estimate of drug-likeness (QED) is 0.859. The van der Waals surface area contributed by atoms with Gasteiger partial charge in [-0.25, -0.2) is 9.78 Å². The first-order valence-electron chi connectivity index (χ1n) is 5.87. The first-order chi connectivity index (χ1) is 9.56. The normalized spacial score (nSPS) is 10.9. The highest BCUT2D eigenvalue weighted by Crippen LogP contribution is 2.25. The lowest BCUT2D eigenvalue weighted by atomic mass is 10.2. The van der Waals surface area contributed by atoms with Crippen molar-refractivity contribution in [2.45, 2.75) is 6.54 Å². The molecule has 0 aromatic carbocycles. The molecule has 0 amide bonds. The third kappa shape index (κ3) is 3.82. The Morgan fingerprint density at radius 2 is 2.30 bits per heavy atom. The van der Waals surface area contributed by atoms with Crippen molar-refractivity contribution in [2.24, 2.45) is 0 Å². The molecule has 2 rings (SSSR count). The molecule has 1 N–H and O–H groups in total. The van der Waals surface area contributed by atoms with E-state index in [1.165, 1.54) is 11.3 Å². The van der Waals surface area contributed by atoms with Crippen LogP contribution in [-0.2, 0) is 11.3 Å². The van der Waals surface area contributed by atoms with Crippen LogP contribution in [-0.4, -0.2) is 23.1 Å². The van der Waals surface area contributed by atoms with Crippen molar-refractivity contribution < 1.29 is 9.90 Å². The number of hydrogen-bond donors (Lipinski definition) is 1. The second kappa shape index (κ2) is 6.54. The second-order valence-corrected chi connectivity index (χ2v) is 5.95. The molecule has 6 heteroatoms. The molecule has 0 fully saturated rings. The Hall–Kier alpha value is -1.85. The van der Waals surface area contributed by atoms with Crippen LogP contribution >= 0.6 is 22.9 Å². The summed E-state index contributed by atoms with van der Waals surface area (Å²) in [5.41, 5.74) is 0.764. The maximum Gasteiger partial charge on any atom is 0.328 e. The van der Waals surface area contributed by atoms with Gasteiger partial charge in [0.25, 0.3) is 0 Å². The molecule has 0 aliphatic heterocycles. The molecule has 0 unspecified atom stereocenters. The van der Waals surface area contributed by atoms with Crippen molar-refractivity contribution in [1.29, 1.82) is 0 Å². The summed E-state index contributed by atoms with van der Waals surface area (Å²) >= 11 is 7.43. The molecule has 2 aromatic heterocycles. The van der Waals surface area contributed by atoms with Gasteiger partial charge in [0.1, 0.15) is 5.82 Å². The number of anilines is 1. The maximum absolute atomic E-state index is 10.6. The van der Waals surface area contributed by atoms with Crippen molar-refractivity contribution in [3.8, 4) is 0 Å². The molecular weight excluding hydrogens is 296 g/mol. The Balaban J connectivity index is 2.20. The lowest BCUT2D eigenvalue weighted by Gasteiger charge is -2.19. The van der Waals surface area contributed by atoms with Crippen molar-refractivity contribution in [3.63, 3.8) is 0 Å². The summed E-state index contributed by atoms with van der Waals surface area (Å²) in [5, 5.41) is 8.71. The van der Waals surface area contributed by atoms with Gasteiger partial charge in [-0.15, -0.1) is 11.3 Å². The average molecular weight is 309 g/mol. The third-order valence-corrected chi connectivity index (χ3v) is 3.82. The summed E-state index contributed by atoms with van der Waals surface area (Å²) in [6.07, 6.45) is 4.34. The van der Waals surface area contributed by atoms with E-state index in [0.29, 0.717) is 6.54 Å². The van der Waals surface area contributed by atoms with Gasteiger partial charge in [-0.2, -0.15) is 0 Å². The van der Waals surface area contributed by atoms with Gasteiger partial charge in [0.15, 0.2) is 0 Å². The molecule has 0 atom stereocenters. The zero-order valence-corrected chi connectivity index (χ0v) is 12.4. The summed E-state index contributed by atoms with van der Waals surface area (Å²) in [4.78, 5) is 18.0. The minimum atomic E-state index is -0.979. The minimum Gasteiger partial charge on any atom is -0.478 e. The number of carboxylic acid groups (broad SMARTS) is 1. The predicted molar refractivity (Wildman–Crippen MR) is 82.3 cm³/mol. The first-order valence-corrected chi connectivity index (χ1v) is 7.07. The fraction of sp³-hybridized carbons (Fsp3) is 0.143. The summed E-state index contributed by atoms with van der Waals surface area (Å²) in [7, 11) is 1.91. The van der Waals surface area contributed by atoms with Crippen LogP contribution in [0.5, 0.6) is 0 Å². The molecule has 0 saturated carbocycles. The molecule has 2 aromatic rings. The number of pyridine rings is 1. The Labute approximate surface area is 126 Å². The highest BCUT2D eigenvalue weighted by molar-refractivity contribution is 7.16. The van der Waals surface area contributed by atoms with Gasteiger partial charge in [0.2, 0.25) is 0 Å². The highest BCUT2D eigenvalue weighted by Gasteiger charge is 2.09. The van der Waals surface area contributed by atoms with Crippen molar-refractivity contribution in [3.05, 3.63) is 51.3 Å². The molecule has 0 bridgehead atoms. The topological polar surface area (TPSA) is 53.4 Å². The largest absolute Gasteiger partial charge is 0.478 e. The highest BCUT2D eigenvalue weighted by atomic mass is 35.5. The van der Waals surface area contributed by atoms with Crippen molar-refractivity contribution >= 4 is 40.8 Å². The zero-order chi connectivity index (χ0) is 14.5. The zero-order valence-electron chi connectivity index (χ0n) is 10.8. The number of nitrogens with zero attached hydrogens (tertiary/aromatic N) is 2. The first kappa shape index (κ1) is 14.6. The number of hydrogen-bond acceptors (Lipinski definition) is 4. The van der Waals surface area contributed by atoms with E-state index in [-0.39, 0.29) is 0 Å². The van der Waals surface area contributed by atoms with E-state index < -0.39 is 5.97 Å². The molecule has 2 heterocycles. The van der Waals surface area contributed by atoms with Crippen LogP contribution in [0.25, 0.3) is 6.08 Å². The van der Waals surface area contributed by atoms with Crippen LogP contribution in [0.3, 0.4) is 0 Å². The number of thiophene rings is 1. The molecule has 0 radical (unpaired) electrons. The van der Waals surface area contributed by atoms with E-state index in [2.05, 4.69) is 4.98 Å². The minimum absolute atomic E-state index is 0.669. The smallest absolute Gasteiger partial charge is 0.328 e. The molecule has 0 aliphatic carbocycles. The average Bonchev–Trinajstić information content (AvgIpc) is 2.82. The van der Waals surface area contributed by atoms with E-state index in [1.54, 1.807) is 18.3 Å². The van der Waals surface area contributed by atoms with E-state index in [4.69, 9.17) is 16.7 Å². The lowest BCUT2D eigenvalue weighted by molar-refractivity contribution is -0.131. The third-order valence-electron chi connectivity index (χ3n) is 2.61. The van der Waals surface area contributed by atoms with Crippen LogP contribution in [0.2, 0.25) is 4.34 Å². The van der Waals surface area contributed by atoms with Crippen LogP contribution in [0.1, 0.15) is 10.4 Å². The molecular formula is C14H13ClN2O2S. The Kier molecular flexibility index (Phi) is 4.76. The van der Waals surface area contributed by atoms with Gasteiger partial charge in [0, 0.05) is 29.8 Å². The molecule has 0 saturated heterocycles. The second-order valence-electron chi connectivity index (χ2n) is 4.15. The number of halogens is 1. The molecule has 20 heavy (non-hydrogen) atoms. The SMILES string of the molecule is CN(Cc1ccc(Cl)s1)c1ncccc1/C=C/C(=O)O.